The molecule has 0 aliphatic carbocycles. The smallest absolute Gasteiger partial charge is 0.332 e. The van der Waals surface area contributed by atoms with Crippen molar-refractivity contribution in [2.24, 2.45) is 35.5 Å². The van der Waals surface area contributed by atoms with Gasteiger partial charge in [0.2, 0.25) is 0 Å². The lowest BCUT2D eigenvalue weighted by Crippen LogP contribution is -2.10. The summed E-state index contributed by atoms with van der Waals surface area (Å²) in [5.41, 5.74) is -1.61. The fourth-order valence-electron chi connectivity index (χ4n) is 10.8. The average Bonchev–Trinajstić information content (AvgIpc) is 0.770. The van der Waals surface area contributed by atoms with E-state index in [9.17, 15) is 79.8 Å². The van der Waals surface area contributed by atoms with E-state index in [2.05, 4.69) is 174 Å². The number of aromatic hydroxyl groups is 1. The Morgan fingerprint density at radius 1 is 0.427 bits per heavy atom. The lowest BCUT2D eigenvalue weighted by molar-refractivity contribution is -0.141. The predicted molar refractivity (Wildman–Crippen MR) is 547 cm³/mol. The molecule has 0 heterocycles. The number of aryl methyl sites for hydroxylation is 1. The molecule has 0 amide bonds. The standard InChI is InChI=1S/C26H22BrF7.C12H6BrF3.C12H6F4O.C9H9BrF2.C8H16O2.2C7H15Br.C7H14O2.C7H16O.S9/c1-3-14(2)5-4-6-15-7-8-18(19(28)9-15)16-10-20(29)24(21(30)11-16)17-12-22(31)25(23(32)13-17)26(27,33)34;13-8-1-2-11(12(16)5-8)7-3-9(14)6-10(15)4-7;13-9-5-7(17)1-2-8(9)6-3-10(14)12(16)11(15)4-6;1-5(2)6-3-7(11)9(10)8(12)4-6;1-4-7(2)5-6-8(9)10-3;2*1-3-7(2)5-4-6-8;1-3-6(2)4-5-7(8)9;1-3-7(2)5-4-6-8;1-3-5-7-9-8-6-4-2/h7-14H,3-6H2,1-2H3;1-6H;1-5,17H;3-5H,1-2H3;7H,4-6H2,1-3H3;2*7H,3-6H2,1-2H3;6H,3-5H2,1-2H3,(H,8,9);7-8H,3-6H2,1-2H3;. The number of carboxylic acid groups (broad SMARTS) is 1. The largest absolute Gasteiger partial charge is 0.508 e. The summed E-state index contributed by atoms with van der Waals surface area (Å²) in [4.78, 5) is 16.6. The average molecular weight is 2350 g/mol. The van der Waals surface area contributed by atoms with Crippen molar-refractivity contribution in [2.45, 2.75) is 230 Å². The summed E-state index contributed by atoms with van der Waals surface area (Å²) in [6, 6.07) is 21.4. The van der Waals surface area contributed by atoms with Gasteiger partial charge in [-0.25, -0.2) is 61.5 Å². The van der Waals surface area contributed by atoms with Crippen LogP contribution in [0, 0.1) is 117 Å². The SMILES string of the molecule is CC(C)c1cc(F)c(Br)c(F)c1.CCC(C)CCC(=O)O.CCC(C)CCC(=O)OC.CCC(C)CCCBr.CCC(C)CCCBr.CCC(C)CCCO.CCC(C)CCCc1ccc(-c2cc(F)c(-c3cc(F)c(C(F)(F)Br)c(F)c3)c(F)c2)c(F)c1.Fc1cc(F)cc(-c2ccc(Br)cc2F)c1.Oc1ccc(-c2cc(F)c(F)c(F)c2)c(F)c1.S=S=S=S=S=S=S=S=S. The molecule has 0 radical (unpaired) electrons. The van der Waals surface area contributed by atoms with Gasteiger partial charge < -0.3 is 20.1 Å². The summed E-state index contributed by atoms with van der Waals surface area (Å²) in [6.45, 7) is 30.3. The fourth-order valence-corrected chi connectivity index (χ4v) is 26.1. The number of esters is 1. The normalized spacial score (nSPS) is 11.8. The van der Waals surface area contributed by atoms with Crippen LogP contribution >= 0.6 is 79.6 Å². The number of carboxylic acids is 1. The van der Waals surface area contributed by atoms with Crippen LogP contribution in [0.3, 0.4) is 0 Å². The van der Waals surface area contributed by atoms with E-state index in [1.54, 1.807) is 56.5 Å². The van der Waals surface area contributed by atoms with Gasteiger partial charge in [0, 0.05) is 148 Å². The lowest BCUT2D eigenvalue weighted by atomic mass is 9.95. The molecular formula is C95H119Br5F16O6S9. The molecule has 8 aromatic rings. The summed E-state index contributed by atoms with van der Waals surface area (Å²) in [6.07, 6.45) is 19.9. The Hall–Kier alpha value is -4.28. The van der Waals surface area contributed by atoms with Gasteiger partial charge in [-0.2, -0.15) is 8.78 Å². The maximum absolute atomic E-state index is 14.8. The number of aliphatic carboxylic acids is 1. The Bertz CT molecular complexity index is 4870. The van der Waals surface area contributed by atoms with Gasteiger partial charge in [-0.05, 0) is 262 Å². The molecule has 6 nitrogen and oxygen atoms in total. The quantitative estimate of drug-likeness (QED) is 0.0171. The molecule has 0 aliphatic heterocycles. The summed E-state index contributed by atoms with van der Waals surface area (Å²) >= 11 is 23.9. The Balaban J connectivity index is 0. The summed E-state index contributed by atoms with van der Waals surface area (Å²) in [7, 11) is 12.3. The van der Waals surface area contributed by atoms with Crippen molar-refractivity contribution in [1.82, 2.24) is 0 Å². The summed E-state index contributed by atoms with van der Waals surface area (Å²) in [5.74, 6) is -11.3. The molecule has 0 fully saturated rings. The number of ether oxygens (including phenoxy) is 1. The first-order valence-electron chi connectivity index (χ1n) is 42.2. The topological polar surface area (TPSA) is 104 Å². The number of aliphatic hydroxyl groups excluding tert-OH is 1. The molecule has 0 bridgehead atoms. The molecule has 0 aliphatic rings. The summed E-state index contributed by atoms with van der Waals surface area (Å²) in [5, 5.41) is 28.0. The second-order valence-corrected chi connectivity index (χ2v) is 47.3. The molecule has 0 saturated carbocycles. The predicted octanol–water partition coefficient (Wildman–Crippen LogP) is 33.6. The van der Waals surface area contributed by atoms with Crippen molar-refractivity contribution >= 4 is 176 Å². The van der Waals surface area contributed by atoms with E-state index in [0.717, 1.165) is 134 Å². The molecule has 0 spiro atoms. The maximum Gasteiger partial charge on any atom is 0.332 e. The number of phenolic OH excluding ortho intramolecular Hbond substituents is 1. The minimum Gasteiger partial charge on any atom is -0.508 e. The van der Waals surface area contributed by atoms with E-state index >= 15 is 0 Å². The van der Waals surface area contributed by atoms with Crippen LogP contribution in [0.15, 0.2) is 130 Å². The maximum atomic E-state index is 14.8. The van der Waals surface area contributed by atoms with Crippen molar-refractivity contribution in [3.05, 3.63) is 228 Å². The van der Waals surface area contributed by atoms with E-state index in [-0.39, 0.29) is 55.5 Å². The molecule has 6 unspecified atom stereocenters. The second-order valence-electron chi connectivity index (χ2n) is 30.6. The van der Waals surface area contributed by atoms with Crippen molar-refractivity contribution in [3.8, 4) is 50.3 Å². The third-order valence-electron chi connectivity index (χ3n) is 20.0. The summed E-state index contributed by atoms with van der Waals surface area (Å²) < 4.78 is 221. The molecule has 8 rings (SSSR count). The number of rotatable bonds is 31. The highest BCUT2D eigenvalue weighted by Gasteiger charge is 2.35. The van der Waals surface area contributed by atoms with Crippen LogP contribution in [0.2, 0.25) is 0 Å². The Kier molecular flexibility index (Phi) is 72.6. The Morgan fingerprint density at radius 2 is 0.794 bits per heavy atom. The third kappa shape index (κ3) is 56.4. The lowest BCUT2D eigenvalue weighted by Gasteiger charge is -2.14. The zero-order valence-corrected chi connectivity index (χ0v) is 91.1. The van der Waals surface area contributed by atoms with Crippen molar-refractivity contribution < 1.29 is 99.9 Å². The van der Waals surface area contributed by atoms with E-state index in [0.29, 0.717) is 77.9 Å². The number of phenols is 1. The van der Waals surface area contributed by atoms with Gasteiger partial charge in [-0.3, -0.25) is 9.59 Å². The van der Waals surface area contributed by atoms with Gasteiger partial charge in [0.25, 0.3) is 0 Å². The number of carbonyl (C=O) groups excluding carboxylic acids is 1. The Labute approximate surface area is 836 Å². The van der Waals surface area contributed by atoms with Crippen molar-refractivity contribution in [2.75, 3.05) is 24.4 Å². The van der Waals surface area contributed by atoms with Crippen LogP contribution in [-0.2, 0) is 110 Å². The van der Waals surface area contributed by atoms with Gasteiger partial charge in [-0.1, -0.05) is 208 Å². The number of aliphatic hydroxyl groups is 1. The van der Waals surface area contributed by atoms with Gasteiger partial charge in [-0.15, -0.1) is 0 Å². The zero-order chi connectivity index (χ0) is 100. The second kappa shape index (κ2) is 73.9. The first-order valence-corrected chi connectivity index (χ1v) is 57.5. The first-order chi connectivity index (χ1) is 61.7. The molecule has 6 atom stereocenters. The monoisotopic (exact) mass is 2340 g/mol. The van der Waals surface area contributed by atoms with Crippen molar-refractivity contribution in [3.63, 3.8) is 0 Å². The van der Waals surface area contributed by atoms with E-state index in [4.69, 9.17) is 15.3 Å². The number of hydrogen-bond acceptors (Lipinski definition) is 7. The number of carbonyl (C=O) groups is 2. The molecule has 0 aromatic heterocycles. The highest BCUT2D eigenvalue weighted by atomic mass is 79.9. The zero-order valence-electron chi connectivity index (χ0n) is 75.8. The number of halogens is 21. The highest BCUT2D eigenvalue weighted by molar-refractivity contribution is 9.11. The van der Waals surface area contributed by atoms with Crippen LogP contribution in [0.25, 0.3) is 44.5 Å². The van der Waals surface area contributed by atoms with Crippen LogP contribution < -0.4 is 0 Å². The molecule has 131 heavy (non-hydrogen) atoms. The van der Waals surface area contributed by atoms with Crippen LogP contribution in [0.4, 0.5) is 70.2 Å². The molecule has 8 aromatic carbocycles. The highest BCUT2D eigenvalue weighted by Crippen LogP contribution is 2.42. The number of alkyl halides is 5. The van der Waals surface area contributed by atoms with Gasteiger partial charge in [0.1, 0.15) is 75.3 Å². The van der Waals surface area contributed by atoms with Crippen LogP contribution in [0.5, 0.6) is 5.75 Å². The Morgan fingerprint density at radius 3 is 1.17 bits per heavy atom. The molecule has 736 valence electrons. The number of hydrogen-bond donors (Lipinski definition) is 3. The number of benzene rings is 8. The van der Waals surface area contributed by atoms with Crippen LogP contribution in [-0.4, -0.2) is 51.6 Å². The first kappa shape index (κ1) is 129. The fraction of sp³-hybridized carbons (Fsp3) is 0.474. The van der Waals surface area contributed by atoms with E-state index < -0.39 is 109 Å². The van der Waals surface area contributed by atoms with Gasteiger partial charge >= 0.3 is 16.8 Å². The molecule has 36 heteroatoms. The van der Waals surface area contributed by atoms with E-state index in [1.807, 2.05) is 29.8 Å². The van der Waals surface area contributed by atoms with Crippen molar-refractivity contribution in [1.29, 1.82) is 0 Å². The molecule has 3 N–H and O–H groups in total. The van der Waals surface area contributed by atoms with E-state index in [1.165, 1.54) is 113 Å². The number of methoxy groups -OCH3 is 1. The minimum atomic E-state index is -4.00. The molecule has 0 saturated heterocycles. The minimum absolute atomic E-state index is 0.0401. The van der Waals surface area contributed by atoms with Crippen LogP contribution in [0.1, 0.15) is 235 Å². The van der Waals surface area contributed by atoms with Gasteiger partial charge in [0.15, 0.2) is 17.5 Å². The molecular weight excluding hydrogens is 2230 g/mol. The van der Waals surface area contributed by atoms with Gasteiger partial charge in [0.05, 0.1) is 17.1 Å². The third-order valence-corrected chi connectivity index (χ3v) is 36.1.